The van der Waals surface area contributed by atoms with Gasteiger partial charge in [0.25, 0.3) is 0 Å². The van der Waals surface area contributed by atoms with Crippen molar-refractivity contribution in [1.29, 1.82) is 0 Å². The first-order valence-electron chi connectivity index (χ1n) is 8.86. The lowest BCUT2D eigenvalue weighted by atomic mass is 10.2. The van der Waals surface area contributed by atoms with Gasteiger partial charge in [0.1, 0.15) is 12.4 Å². The van der Waals surface area contributed by atoms with Crippen molar-refractivity contribution in [2.75, 3.05) is 26.1 Å². The molecule has 152 valence electrons. The quantitative estimate of drug-likeness (QED) is 0.522. The van der Waals surface area contributed by atoms with Gasteiger partial charge in [-0.3, -0.25) is 0 Å². The molecule has 3 rings (SSSR count). The predicted octanol–water partition coefficient (Wildman–Crippen LogP) is 4.33. The molecular weight excluding hydrogens is 392 g/mol. The highest BCUT2D eigenvalue weighted by Crippen LogP contribution is 2.28. The predicted molar refractivity (Wildman–Crippen MR) is 111 cm³/mol. The Balaban J connectivity index is 1.47. The highest BCUT2D eigenvalue weighted by Gasteiger charge is 2.10. The molecule has 0 spiro atoms. The third-order valence-corrected chi connectivity index (χ3v) is 4.75. The number of aromatic nitrogens is 1. The zero-order valence-electron chi connectivity index (χ0n) is 16.4. The molecule has 0 atom stereocenters. The van der Waals surface area contributed by atoms with Gasteiger partial charge in [-0.1, -0.05) is 6.07 Å². The van der Waals surface area contributed by atoms with E-state index in [1.807, 2.05) is 48.7 Å². The number of carbonyl (C=O) groups is 1. The minimum Gasteiger partial charge on any atom is -0.497 e. The van der Waals surface area contributed by atoms with E-state index in [1.165, 1.54) is 11.3 Å². The van der Waals surface area contributed by atoms with Crippen LogP contribution in [0.3, 0.4) is 0 Å². The largest absolute Gasteiger partial charge is 0.497 e. The van der Waals surface area contributed by atoms with Crippen LogP contribution in [-0.2, 0) is 16.1 Å². The lowest BCUT2D eigenvalue weighted by molar-refractivity contribution is -0.147. The number of thiazole rings is 1. The van der Waals surface area contributed by atoms with E-state index in [0.717, 1.165) is 17.0 Å². The Bertz CT molecular complexity index is 956. The first kappa shape index (κ1) is 20.5. The van der Waals surface area contributed by atoms with Crippen molar-refractivity contribution in [1.82, 2.24) is 4.98 Å². The molecule has 0 amide bonds. The number of anilines is 2. The van der Waals surface area contributed by atoms with Gasteiger partial charge in [-0.05, 0) is 48.9 Å². The number of benzene rings is 2. The van der Waals surface area contributed by atoms with E-state index in [0.29, 0.717) is 22.3 Å². The van der Waals surface area contributed by atoms with E-state index < -0.39 is 5.97 Å². The molecule has 0 aliphatic carbocycles. The molecule has 2 aromatic carbocycles. The van der Waals surface area contributed by atoms with Crippen LogP contribution in [0.4, 0.5) is 10.8 Å². The van der Waals surface area contributed by atoms with Crippen LogP contribution in [0.25, 0.3) is 0 Å². The number of rotatable bonds is 9. The number of aryl methyl sites for hydroxylation is 1. The molecule has 29 heavy (non-hydrogen) atoms. The van der Waals surface area contributed by atoms with Gasteiger partial charge >= 0.3 is 5.97 Å². The number of nitrogens with one attached hydrogen (secondary N) is 1. The van der Waals surface area contributed by atoms with Gasteiger partial charge in [0.05, 0.1) is 19.9 Å². The zero-order valence-corrected chi connectivity index (χ0v) is 17.2. The van der Waals surface area contributed by atoms with Crippen LogP contribution in [0, 0.1) is 6.92 Å². The average Bonchev–Trinajstić information content (AvgIpc) is 3.19. The van der Waals surface area contributed by atoms with E-state index in [-0.39, 0.29) is 13.2 Å². The third-order valence-electron chi connectivity index (χ3n) is 3.94. The number of hydrogen-bond donors (Lipinski definition) is 1. The first-order valence-corrected chi connectivity index (χ1v) is 9.74. The Morgan fingerprint density at radius 1 is 1.07 bits per heavy atom. The molecule has 0 bridgehead atoms. The fourth-order valence-electron chi connectivity index (χ4n) is 2.46. The van der Waals surface area contributed by atoms with Gasteiger partial charge in [-0.25, -0.2) is 9.78 Å². The molecule has 0 radical (unpaired) electrons. The number of methoxy groups -OCH3 is 2. The van der Waals surface area contributed by atoms with Crippen LogP contribution >= 0.6 is 11.3 Å². The van der Waals surface area contributed by atoms with Gasteiger partial charge in [0.15, 0.2) is 23.2 Å². The lowest BCUT2D eigenvalue weighted by Crippen LogP contribution is -2.15. The summed E-state index contributed by atoms with van der Waals surface area (Å²) in [6, 6.07) is 13.0. The molecule has 1 heterocycles. The van der Waals surface area contributed by atoms with Gasteiger partial charge in [-0.2, -0.15) is 0 Å². The van der Waals surface area contributed by atoms with Crippen LogP contribution in [0.15, 0.2) is 47.8 Å². The van der Waals surface area contributed by atoms with Gasteiger partial charge in [0.2, 0.25) is 0 Å². The summed E-state index contributed by atoms with van der Waals surface area (Å²) in [5.74, 6) is 1.37. The summed E-state index contributed by atoms with van der Waals surface area (Å²) in [6.07, 6.45) is 0. The molecule has 1 N–H and O–H groups in total. The van der Waals surface area contributed by atoms with Crippen molar-refractivity contribution in [2.24, 2.45) is 0 Å². The summed E-state index contributed by atoms with van der Waals surface area (Å²) in [7, 11) is 3.18. The van der Waals surface area contributed by atoms with Crippen molar-refractivity contribution in [3.63, 3.8) is 0 Å². The fourth-order valence-corrected chi connectivity index (χ4v) is 3.17. The topological polar surface area (TPSA) is 78.9 Å². The van der Waals surface area contributed by atoms with Crippen molar-refractivity contribution < 1.29 is 23.7 Å². The number of esters is 1. The summed E-state index contributed by atoms with van der Waals surface area (Å²) < 4.78 is 21.1. The molecule has 0 aliphatic heterocycles. The van der Waals surface area contributed by atoms with Gasteiger partial charge < -0.3 is 24.3 Å². The van der Waals surface area contributed by atoms with Crippen molar-refractivity contribution >= 4 is 28.1 Å². The lowest BCUT2D eigenvalue weighted by Gasteiger charge is -2.10. The monoisotopic (exact) mass is 414 g/mol. The maximum absolute atomic E-state index is 12.0. The first-order chi connectivity index (χ1) is 14.1. The highest BCUT2D eigenvalue weighted by atomic mass is 32.1. The van der Waals surface area contributed by atoms with E-state index in [2.05, 4.69) is 10.3 Å². The smallest absolute Gasteiger partial charge is 0.344 e. The molecule has 0 aliphatic rings. The van der Waals surface area contributed by atoms with Crippen LogP contribution in [0.2, 0.25) is 0 Å². The Labute approximate surface area is 173 Å². The Morgan fingerprint density at radius 2 is 1.86 bits per heavy atom. The van der Waals surface area contributed by atoms with Crippen LogP contribution < -0.4 is 19.5 Å². The third kappa shape index (κ3) is 5.86. The summed E-state index contributed by atoms with van der Waals surface area (Å²) in [4.78, 5) is 16.4. The molecule has 0 saturated carbocycles. The van der Waals surface area contributed by atoms with E-state index >= 15 is 0 Å². The number of ether oxygens (including phenoxy) is 4. The maximum Gasteiger partial charge on any atom is 0.344 e. The SMILES string of the molecule is COc1ccc(Nc2nc(COC(=O)COc3ccc(C)cc3OC)cs2)cc1. The second-order valence-corrected chi connectivity index (χ2v) is 6.96. The van der Waals surface area contributed by atoms with Crippen molar-refractivity contribution in [2.45, 2.75) is 13.5 Å². The minimum atomic E-state index is -0.481. The Morgan fingerprint density at radius 3 is 2.59 bits per heavy atom. The average molecular weight is 414 g/mol. The molecule has 0 fully saturated rings. The standard InChI is InChI=1S/C21H22N2O5S/c1-14-4-9-18(19(10-14)26-3)27-12-20(24)28-11-16-13-29-21(23-16)22-15-5-7-17(25-2)8-6-15/h4-10,13H,11-12H2,1-3H3,(H,22,23). The molecule has 1 aromatic heterocycles. The van der Waals surface area contributed by atoms with Crippen molar-refractivity contribution in [3.8, 4) is 17.2 Å². The van der Waals surface area contributed by atoms with E-state index in [1.54, 1.807) is 20.3 Å². The number of hydrogen-bond acceptors (Lipinski definition) is 8. The second-order valence-electron chi connectivity index (χ2n) is 6.10. The normalized spacial score (nSPS) is 10.3. The fraction of sp³-hybridized carbons (Fsp3) is 0.238. The van der Waals surface area contributed by atoms with Gasteiger partial charge in [-0.15, -0.1) is 11.3 Å². The van der Waals surface area contributed by atoms with Gasteiger partial charge in [0, 0.05) is 11.1 Å². The van der Waals surface area contributed by atoms with E-state index in [9.17, 15) is 4.79 Å². The Hall–Kier alpha value is -3.26. The number of nitrogens with zero attached hydrogens (tertiary/aromatic N) is 1. The molecule has 0 saturated heterocycles. The summed E-state index contributed by atoms with van der Waals surface area (Å²) in [5.41, 5.74) is 2.59. The molecular formula is C21H22N2O5S. The van der Waals surface area contributed by atoms with Crippen LogP contribution in [0.1, 0.15) is 11.3 Å². The number of carbonyl (C=O) groups excluding carboxylic acids is 1. The zero-order chi connectivity index (χ0) is 20.6. The second kappa shape index (κ2) is 9.79. The summed E-state index contributed by atoms with van der Waals surface area (Å²) >= 11 is 1.43. The molecule has 0 unspecified atom stereocenters. The van der Waals surface area contributed by atoms with Crippen molar-refractivity contribution in [3.05, 3.63) is 59.1 Å². The van der Waals surface area contributed by atoms with E-state index in [4.69, 9.17) is 18.9 Å². The highest BCUT2D eigenvalue weighted by molar-refractivity contribution is 7.13. The minimum absolute atomic E-state index is 0.0774. The molecule has 7 nitrogen and oxygen atoms in total. The maximum atomic E-state index is 12.0. The molecule has 3 aromatic rings. The van der Waals surface area contributed by atoms with Crippen LogP contribution in [-0.4, -0.2) is 31.8 Å². The molecule has 8 heteroatoms. The van der Waals surface area contributed by atoms with Crippen LogP contribution in [0.5, 0.6) is 17.2 Å². The summed E-state index contributed by atoms with van der Waals surface area (Å²) in [5, 5.41) is 5.75. The summed E-state index contributed by atoms with van der Waals surface area (Å²) in [6.45, 7) is 1.82. The Kier molecular flexibility index (Phi) is 6.91.